The molecule has 2 heterocycles. The number of alkyl carbamates (subject to hydrolysis) is 1. The summed E-state index contributed by atoms with van der Waals surface area (Å²) in [5.74, 6) is -0.0970. The number of benzene rings is 1. The van der Waals surface area contributed by atoms with Crippen LogP contribution in [-0.2, 0) is 20.8 Å². The van der Waals surface area contributed by atoms with Gasteiger partial charge in [-0.3, -0.25) is 0 Å². The van der Waals surface area contributed by atoms with Crippen molar-refractivity contribution in [2.24, 2.45) is 0 Å². The highest BCUT2D eigenvalue weighted by Gasteiger charge is 2.34. The van der Waals surface area contributed by atoms with Crippen LogP contribution in [0.2, 0.25) is 0 Å². The Kier molecular flexibility index (Phi) is 7.88. The Morgan fingerprint density at radius 3 is 2.68 bits per heavy atom. The summed E-state index contributed by atoms with van der Waals surface area (Å²) in [5, 5.41) is 2.91. The molecular formula is C22H29N3O6. The fourth-order valence-electron chi connectivity index (χ4n) is 3.46. The van der Waals surface area contributed by atoms with Crippen molar-refractivity contribution < 1.29 is 28.2 Å². The molecule has 3 rings (SSSR count). The highest BCUT2D eigenvalue weighted by molar-refractivity contribution is 5.88. The van der Waals surface area contributed by atoms with Gasteiger partial charge in [-0.2, -0.15) is 4.98 Å². The lowest BCUT2D eigenvalue weighted by molar-refractivity contribution is 0.0252. The Morgan fingerprint density at radius 1 is 1.19 bits per heavy atom. The number of hydrogen-bond donors (Lipinski definition) is 1. The molecule has 168 valence electrons. The van der Waals surface area contributed by atoms with Gasteiger partial charge < -0.3 is 28.8 Å². The van der Waals surface area contributed by atoms with Crippen LogP contribution in [0.3, 0.4) is 0 Å². The van der Waals surface area contributed by atoms with E-state index in [9.17, 15) is 9.59 Å². The number of hydrogen-bond acceptors (Lipinski definition) is 8. The zero-order valence-electron chi connectivity index (χ0n) is 18.1. The van der Waals surface area contributed by atoms with E-state index >= 15 is 0 Å². The minimum atomic E-state index is -0.505. The van der Waals surface area contributed by atoms with Crippen LogP contribution < -0.4 is 10.2 Å². The molecule has 1 N–H and O–H groups in total. The fourth-order valence-corrected chi connectivity index (χ4v) is 3.46. The number of oxazole rings is 1. The van der Waals surface area contributed by atoms with Gasteiger partial charge in [0.05, 0.1) is 25.3 Å². The van der Waals surface area contributed by atoms with E-state index in [2.05, 4.69) is 10.3 Å². The second-order valence-corrected chi connectivity index (χ2v) is 7.16. The van der Waals surface area contributed by atoms with Crippen LogP contribution in [0, 0.1) is 6.92 Å². The van der Waals surface area contributed by atoms with Crippen LogP contribution in [-0.4, -0.2) is 55.5 Å². The molecule has 31 heavy (non-hydrogen) atoms. The molecule has 1 aliphatic heterocycles. The Labute approximate surface area is 181 Å². The van der Waals surface area contributed by atoms with Gasteiger partial charge in [-0.15, -0.1) is 0 Å². The Balaban J connectivity index is 1.59. The molecule has 0 spiro atoms. The zero-order chi connectivity index (χ0) is 22.2. The van der Waals surface area contributed by atoms with Crippen LogP contribution in [0.1, 0.15) is 42.1 Å². The first-order chi connectivity index (χ1) is 15.0. The standard InChI is InChI=1S/C22H29N3O6/c1-4-28-18-13-25(21-24-19(15(3)31-21)20(26)29-5-2)12-11-17(18)23-22(27)30-14-16-9-7-6-8-10-16/h6-10,17-18H,4-5,11-14H2,1-3H3,(H,23,27)/t17-,18+/m0/s1. The summed E-state index contributed by atoms with van der Waals surface area (Å²) in [4.78, 5) is 30.5. The number of amides is 1. The first-order valence-electron chi connectivity index (χ1n) is 10.5. The van der Waals surface area contributed by atoms with Crippen LogP contribution in [0.5, 0.6) is 0 Å². The van der Waals surface area contributed by atoms with E-state index in [4.69, 9.17) is 18.6 Å². The number of piperidine rings is 1. The minimum absolute atomic E-state index is 0.176. The van der Waals surface area contributed by atoms with E-state index in [0.29, 0.717) is 37.9 Å². The van der Waals surface area contributed by atoms with Gasteiger partial charge in [-0.25, -0.2) is 9.59 Å². The molecule has 1 saturated heterocycles. The smallest absolute Gasteiger partial charge is 0.407 e. The van der Waals surface area contributed by atoms with Gasteiger partial charge in [-0.05, 0) is 32.8 Å². The number of carbonyl (C=O) groups is 2. The number of aryl methyl sites for hydroxylation is 1. The van der Waals surface area contributed by atoms with E-state index in [1.54, 1.807) is 13.8 Å². The molecular weight excluding hydrogens is 402 g/mol. The van der Waals surface area contributed by atoms with Gasteiger partial charge in [0.1, 0.15) is 12.4 Å². The van der Waals surface area contributed by atoms with Crippen LogP contribution in [0.15, 0.2) is 34.7 Å². The van der Waals surface area contributed by atoms with Gasteiger partial charge >= 0.3 is 12.1 Å². The van der Waals surface area contributed by atoms with Gasteiger partial charge in [0.15, 0.2) is 5.69 Å². The number of nitrogens with zero attached hydrogens (tertiary/aromatic N) is 2. The number of anilines is 1. The third-order valence-electron chi connectivity index (χ3n) is 4.98. The average Bonchev–Trinajstić information content (AvgIpc) is 3.16. The van der Waals surface area contributed by atoms with E-state index < -0.39 is 12.1 Å². The van der Waals surface area contributed by atoms with E-state index in [1.807, 2.05) is 42.2 Å². The van der Waals surface area contributed by atoms with Gasteiger partial charge in [-0.1, -0.05) is 30.3 Å². The zero-order valence-corrected chi connectivity index (χ0v) is 18.1. The van der Waals surface area contributed by atoms with Crippen molar-refractivity contribution in [2.75, 3.05) is 31.2 Å². The van der Waals surface area contributed by atoms with E-state index in [-0.39, 0.29) is 31.1 Å². The van der Waals surface area contributed by atoms with Crippen molar-refractivity contribution in [3.63, 3.8) is 0 Å². The minimum Gasteiger partial charge on any atom is -0.461 e. The Hall–Kier alpha value is -3.07. The lowest BCUT2D eigenvalue weighted by atomic mass is 10.0. The maximum atomic E-state index is 12.3. The molecule has 2 aromatic rings. The summed E-state index contributed by atoms with van der Waals surface area (Å²) in [6.07, 6.45) is -0.147. The summed E-state index contributed by atoms with van der Waals surface area (Å²) >= 11 is 0. The van der Waals surface area contributed by atoms with E-state index in [1.165, 1.54) is 0 Å². The van der Waals surface area contributed by atoms with Crippen molar-refractivity contribution in [1.82, 2.24) is 10.3 Å². The molecule has 9 nitrogen and oxygen atoms in total. The predicted molar refractivity (Wildman–Crippen MR) is 113 cm³/mol. The van der Waals surface area contributed by atoms with Crippen molar-refractivity contribution in [3.05, 3.63) is 47.3 Å². The fraction of sp³-hybridized carbons (Fsp3) is 0.500. The van der Waals surface area contributed by atoms with Gasteiger partial charge in [0.25, 0.3) is 6.01 Å². The first kappa shape index (κ1) is 22.6. The molecule has 0 unspecified atom stereocenters. The molecule has 1 amide bonds. The number of nitrogens with one attached hydrogen (secondary N) is 1. The quantitative estimate of drug-likeness (QED) is 0.636. The molecule has 0 saturated carbocycles. The van der Waals surface area contributed by atoms with Crippen LogP contribution in [0.25, 0.3) is 0 Å². The van der Waals surface area contributed by atoms with Crippen molar-refractivity contribution >= 4 is 18.1 Å². The lowest BCUT2D eigenvalue weighted by Gasteiger charge is -2.37. The summed E-state index contributed by atoms with van der Waals surface area (Å²) in [6, 6.07) is 9.64. The van der Waals surface area contributed by atoms with E-state index in [0.717, 1.165) is 5.56 Å². The molecule has 1 aromatic heterocycles. The Morgan fingerprint density at radius 2 is 1.97 bits per heavy atom. The Bertz CT molecular complexity index is 869. The predicted octanol–water partition coefficient (Wildman–Crippen LogP) is 3.07. The maximum Gasteiger partial charge on any atom is 0.407 e. The maximum absolute atomic E-state index is 12.3. The molecule has 0 bridgehead atoms. The number of rotatable bonds is 8. The molecule has 1 fully saturated rings. The largest absolute Gasteiger partial charge is 0.461 e. The molecule has 1 aliphatic rings. The molecule has 2 atom stereocenters. The summed E-state index contributed by atoms with van der Waals surface area (Å²) < 4.78 is 21.9. The summed E-state index contributed by atoms with van der Waals surface area (Å²) in [6.45, 7) is 7.33. The van der Waals surface area contributed by atoms with Crippen molar-refractivity contribution in [3.8, 4) is 0 Å². The second kappa shape index (κ2) is 10.8. The highest BCUT2D eigenvalue weighted by atomic mass is 16.6. The highest BCUT2D eigenvalue weighted by Crippen LogP contribution is 2.24. The van der Waals surface area contributed by atoms with Gasteiger partial charge in [0, 0.05) is 13.2 Å². The van der Waals surface area contributed by atoms with Crippen molar-refractivity contribution in [1.29, 1.82) is 0 Å². The second-order valence-electron chi connectivity index (χ2n) is 7.16. The molecule has 0 radical (unpaired) electrons. The third kappa shape index (κ3) is 5.97. The molecule has 1 aromatic carbocycles. The normalized spacial score (nSPS) is 18.5. The molecule has 0 aliphatic carbocycles. The average molecular weight is 431 g/mol. The first-order valence-corrected chi connectivity index (χ1v) is 10.5. The topological polar surface area (TPSA) is 103 Å². The SMILES string of the molecule is CCOC(=O)c1nc(N2CC[C@H](NC(=O)OCc3ccccc3)[C@H](OCC)C2)oc1C. The van der Waals surface area contributed by atoms with Crippen LogP contribution >= 0.6 is 0 Å². The van der Waals surface area contributed by atoms with Crippen molar-refractivity contribution in [2.45, 2.75) is 45.9 Å². The summed E-state index contributed by atoms with van der Waals surface area (Å²) in [5.41, 5.74) is 1.10. The van der Waals surface area contributed by atoms with Crippen LogP contribution in [0.4, 0.5) is 10.8 Å². The number of carbonyl (C=O) groups excluding carboxylic acids is 2. The lowest BCUT2D eigenvalue weighted by Crippen LogP contribution is -2.55. The molecule has 9 heteroatoms. The number of esters is 1. The number of ether oxygens (including phenoxy) is 3. The monoisotopic (exact) mass is 431 g/mol. The summed E-state index contributed by atoms with van der Waals surface area (Å²) in [7, 11) is 0. The third-order valence-corrected chi connectivity index (χ3v) is 4.98. The van der Waals surface area contributed by atoms with Gasteiger partial charge in [0.2, 0.25) is 0 Å². The number of aromatic nitrogens is 1.